The summed E-state index contributed by atoms with van der Waals surface area (Å²) < 4.78 is 45.2. The summed E-state index contributed by atoms with van der Waals surface area (Å²) in [6.07, 6.45) is -1.50. The highest BCUT2D eigenvalue weighted by molar-refractivity contribution is 6.62. The standard InChI is InChI=1S/C43H45BO9/c1-7-49-40(46)41(3,4)37(51-30(2)45)36-35(28-29-50-36)44-52-38(42(47-5,31-20-12-8-13-21-31)32-22-14-9-15-23-32)39(53-44)43(48-6,33-24-16-10-17-25-33)34-26-18-11-19-27-34/h8-29,37-39H,7H2,1-6H3/t37-,38+,39+/m0/s1. The molecule has 6 rings (SSSR count). The molecule has 0 unspecified atom stereocenters. The number of furan rings is 1. The number of esters is 2. The van der Waals surface area contributed by atoms with Crippen molar-refractivity contribution in [1.82, 2.24) is 0 Å². The van der Waals surface area contributed by atoms with Crippen molar-refractivity contribution in [1.29, 1.82) is 0 Å². The summed E-state index contributed by atoms with van der Waals surface area (Å²) in [6.45, 7) is 6.44. The molecule has 1 aliphatic heterocycles. The first-order valence-corrected chi connectivity index (χ1v) is 17.7. The lowest BCUT2D eigenvalue weighted by molar-refractivity contribution is -0.171. The Balaban J connectivity index is 1.62. The summed E-state index contributed by atoms with van der Waals surface area (Å²) in [6, 6.07) is 41.2. The zero-order chi connectivity index (χ0) is 37.6. The Morgan fingerprint density at radius 3 is 1.42 bits per heavy atom. The van der Waals surface area contributed by atoms with Crippen molar-refractivity contribution in [2.24, 2.45) is 5.41 Å². The quantitative estimate of drug-likeness (QED) is 0.0878. The molecule has 3 atom stereocenters. The van der Waals surface area contributed by atoms with Crippen LogP contribution in [0.5, 0.6) is 0 Å². The van der Waals surface area contributed by atoms with Crippen molar-refractivity contribution in [3.05, 3.63) is 162 Å². The van der Waals surface area contributed by atoms with E-state index in [9.17, 15) is 9.59 Å². The number of rotatable bonds is 14. The molecule has 0 spiro atoms. The van der Waals surface area contributed by atoms with Crippen LogP contribution in [0.15, 0.2) is 138 Å². The van der Waals surface area contributed by atoms with Crippen LogP contribution in [-0.2, 0) is 49.0 Å². The number of carbonyl (C=O) groups is 2. The molecule has 4 aromatic carbocycles. The van der Waals surface area contributed by atoms with Gasteiger partial charge in [-0.15, -0.1) is 0 Å². The maximum absolute atomic E-state index is 13.3. The van der Waals surface area contributed by atoms with Crippen LogP contribution in [0.25, 0.3) is 0 Å². The molecule has 0 amide bonds. The molecule has 0 radical (unpaired) electrons. The van der Waals surface area contributed by atoms with Crippen molar-refractivity contribution < 1.29 is 42.3 Å². The minimum absolute atomic E-state index is 0.147. The molecule has 10 heteroatoms. The van der Waals surface area contributed by atoms with E-state index in [1.807, 2.05) is 121 Å². The highest BCUT2D eigenvalue weighted by Gasteiger charge is 2.63. The van der Waals surface area contributed by atoms with Gasteiger partial charge < -0.3 is 32.7 Å². The molecule has 1 aliphatic rings. The third-order valence-corrected chi connectivity index (χ3v) is 10.0. The first-order valence-electron chi connectivity index (χ1n) is 17.7. The second-order valence-electron chi connectivity index (χ2n) is 13.5. The summed E-state index contributed by atoms with van der Waals surface area (Å²) in [5.41, 5.74) is -0.114. The van der Waals surface area contributed by atoms with Crippen LogP contribution >= 0.6 is 0 Å². The van der Waals surface area contributed by atoms with Gasteiger partial charge in [0.05, 0.1) is 12.9 Å². The van der Waals surface area contributed by atoms with Crippen LogP contribution in [0.4, 0.5) is 0 Å². The Bertz CT molecular complexity index is 1770. The van der Waals surface area contributed by atoms with Gasteiger partial charge in [-0.25, -0.2) is 0 Å². The Morgan fingerprint density at radius 1 is 0.679 bits per heavy atom. The molecule has 1 aromatic heterocycles. The number of hydrogen-bond acceptors (Lipinski definition) is 9. The van der Waals surface area contributed by atoms with Crippen LogP contribution in [-0.4, -0.2) is 52.1 Å². The van der Waals surface area contributed by atoms with Crippen LogP contribution in [0, 0.1) is 5.41 Å². The second-order valence-corrected chi connectivity index (χ2v) is 13.5. The van der Waals surface area contributed by atoms with E-state index < -0.39 is 54.0 Å². The lowest BCUT2D eigenvalue weighted by atomic mass is 9.71. The highest BCUT2D eigenvalue weighted by atomic mass is 16.7. The third-order valence-electron chi connectivity index (χ3n) is 10.0. The van der Waals surface area contributed by atoms with Gasteiger partial charge in [0.2, 0.25) is 0 Å². The summed E-state index contributed by atoms with van der Waals surface area (Å²) >= 11 is 0. The third kappa shape index (κ3) is 6.84. The van der Waals surface area contributed by atoms with E-state index in [1.54, 1.807) is 41.1 Å². The van der Waals surface area contributed by atoms with Gasteiger partial charge in [-0.05, 0) is 49.1 Å². The number of benzene rings is 4. The first kappa shape index (κ1) is 37.8. The topological polar surface area (TPSA) is 103 Å². The average Bonchev–Trinajstić information content (AvgIpc) is 3.85. The maximum Gasteiger partial charge on any atom is 0.498 e. The van der Waals surface area contributed by atoms with E-state index >= 15 is 0 Å². The fourth-order valence-corrected chi connectivity index (χ4v) is 7.50. The molecule has 0 N–H and O–H groups in total. The lowest BCUT2D eigenvalue weighted by Crippen LogP contribution is -2.56. The summed E-state index contributed by atoms with van der Waals surface area (Å²) in [5.74, 6) is -0.972. The van der Waals surface area contributed by atoms with Gasteiger partial charge in [-0.3, -0.25) is 9.59 Å². The van der Waals surface area contributed by atoms with Crippen LogP contribution in [0.1, 0.15) is 61.8 Å². The summed E-state index contributed by atoms with van der Waals surface area (Å²) in [4.78, 5) is 25.9. The van der Waals surface area contributed by atoms with Gasteiger partial charge >= 0.3 is 19.1 Å². The number of carbonyl (C=O) groups excluding carboxylic acids is 2. The Morgan fingerprint density at radius 2 is 1.08 bits per heavy atom. The molecule has 0 bridgehead atoms. The van der Waals surface area contributed by atoms with Crippen LogP contribution in [0.2, 0.25) is 0 Å². The molecular weight excluding hydrogens is 671 g/mol. The van der Waals surface area contributed by atoms with E-state index in [2.05, 4.69) is 0 Å². The molecule has 2 heterocycles. The first-order chi connectivity index (χ1) is 25.6. The molecule has 0 aliphatic carbocycles. The molecular formula is C43H45BO9. The van der Waals surface area contributed by atoms with Crippen LogP contribution < -0.4 is 5.46 Å². The monoisotopic (exact) mass is 716 g/mol. The van der Waals surface area contributed by atoms with Crippen LogP contribution in [0.3, 0.4) is 0 Å². The van der Waals surface area contributed by atoms with Crippen molar-refractivity contribution in [3.63, 3.8) is 0 Å². The van der Waals surface area contributed by atoms with E-state index in [0.717, 1.165) is 22.3 Å². The van der Waals surface area contributed by atoms with Crippen molar-refractivity contribution in [3.8, 4) is 0 Å². The fraction of sp³-hybridized carbons (Fsp3) is 0.302. The van der Waals surface area contributed by atoms with Crippen molar-refractivity contribution >= 4 is 24.5 Å². The normalized spacial score (nSPS) is 17.0. The second kappa shape index (κ2) is 15.9. The van der Waals surface area contributed by atoms with Gasteiger partial charge in [0.25, 0.3) is 0 Å². The van der Waals surface area contributed by atoms with E-state index in [0.29, 0.717) is 5.46 Å². The van der Waals surface area contributed by atoms with Crippen molar-refractivity contribution in [2.45, 2.75) is 57.2 Å². The molecule has 1 saturated heterocycles. The fourth-order valence-electron chi connectivity index (χ4n) is 7.50. The minimum Gasteiger partial charge on any atom is -0.466 e. The molecule has 53 heavy (non-hydrogen) atoms. The zero-order valence-electron chi connectivity index (χ0n) is 30.9. The van der Waals surface area contributed by atoms with E-state index in [-0.39, 0.29) is 12.4 Å². The Labute approximate surface area is 311 Å². The van der Waals surface area contributed by atoms with Gasteiger partial charge in [0, 0.05) is 26.6 Å². The SMILES string of the molecule is CCOC(=O)C(C)(C)[C@@H](OC(C)=O)c1occc1B1O[C@@H](C(OC)(c2ccccc2)c2ccccc2)[C@H](C(OC)(c2ccccc2)c2ccccc2)O1. The average molecular weight is 717 g/mol. The maximum atomic E-state index is 13.3. The highest BCUT2D eigenvalue weighted by Crippen LogP contribution is 2.51. The summed E-state index contributed by atoms with van der Waals surface area (Å²) in [7, 11) is 2.21. The smallest absolute Gasteiger partial charge is 0.466 e. The summed E-state index contributed by atoms with van der Waals surface area (Å²) in [5, 5.41) is 0. The Kier molecular flexibility index (Phi) is 11.4. The van der Waals surface area contributed by atoms with Gasteiger partial charge in [-0.2, -0.15) is 0 Å². The Hall–Kier alpha value is -5.00. The van der Waals surface area contributed by atoms with E-state index in [1.165, 1.54) is 13.2 Å². The molecule has 0 saturated carbocycles. The number of methoxy groups -OCH3 is 2. The molecule has 1 fully saturated rings. The minimum atomic E-state index is -1.35. The van der Waals surface area contributed by atoms with E-state index in [4.69, 9.17) is 32.7 Å². The number of hydrogen-bond donors (Lipinski definition) is 0. The number of ether oxygens (including phenoxy) is 4. The predicted molar refractivity (Wildman–Crippen MR) is 200 cm³/mol. The molecule has 5 aromatic rings. The zero-order valence-corrected chi connectivity index (χ0v) is 30.9. The lowest BCUT2D eigenvalue weighted by Gasteiger charge is -2.46. The van der Waals surface area contributed by atoms with Gasteiger partial charge in [0.1, 0.15) is 34.6 Å². The predicted octanol–water partition coefficient (Wildman–Crippen LogP) is 7.13. The van der Waals surface area contributed by atoms with Gasteiger partial charge in [-0.1, -0.05) is 121 Å². The molecule has 274 valence electrons. The van der Waals surface area contributed by atoms with Gasteiger partial charge in [0.15, 0.2) is 6.10 Å². The largest absolute Gasteiger partial charge is 0.498 e. The molecule has 9 nitrogen and oxygen atoms in total. The van der Waals surface area contributed by atoms with Crippen molar-refractivity contribution in [2.75, 3.05) is 20.8 Å².